The molecule has 0 aliphatic carbocycles. The van der Waals surface area contributed by atoms with E-state index in [2.05, 4.69) is 11.6 Å². The molecule has 5 nitrogen and oxygen atoms in total. The Kier molecular flexibility index (Phi) is 3.73. The van der Waals surface area contributed by atoms with E-state index in [9.17, 15) is 13.2 Å². The third-order valence-corrected chi connectivity index (χ3v) is 6.66. The highest BCUT2D eigenvalue weighted by Crippen LogP contribution is 2.37. The largest absolute Gasteiger partial charge is 0.329 e. The van der Waals surface area contributed by atoms with Gasteiger partial charge in [-0.25, -0.2) is 8.42 Å². The molecule has 1 aliphatic heterocycles. The van der Waals surface area contributed by atoms with E-state index in [-0.39, 0.29) is 10.5 Å². The number of benzene rings is 2. The van der Waals surface area contributed by atoms with E-state index in [1.54, 1.807) is 24.3 Å². The molecule has 6 heteroatoms. The van der Waals surface area contributed by atoms with Crippen molar-refractivity contribution >= 4 is 32.1 Å². The lowest BCUT2D eigenvalue weighted by atomic mass is 10.0. The van der Waals surface area contributed by atoms with Gasteiger partial charge in [-0.2, -0.15) is 0 Å². The summed E-state index contributed by atoms with van der Waals surface area (Å²) in [7, 11) is -3.79. The molecule has 26 heavy (non-hydrogen) atoms. The molecule has 0 amide bonds. The number of hydrogen-bond acceptors (Lipinski definition) is 3. The SMILES string of the molecule is C=C(C)c1cccc2c1CCN2S(=O)(=O)c1cccc2c(=O)[nH]ccc12. The third-order valence-electron chi connectivity index (χ3n) is 4.79. The fourth-order valence-electron chi connectivity index (χ4n) is 3.59. The van der Waals surface area contributed by atoms with Crippen LogP contribution in [0.5, 0.6) is 0 Å². The van der Waals surface area contributed by atoms with E-state index in [4.69, 9.17) is 0 Å². The fraction of sp³-hybridized carbons (Fsp3) is 0.150. The first kappa shape index (κ1) is 16.6. The number of aromatic nitrogens is 1. The Bertz CT molecular complexity index is 1210. The highest BCUT2D eigenvalue weighted by atomic mass is 32.2. The van der Waals surface area contributed by atoms with Crippen LogP contribution in [0.1, 0.15) is 18.1 Å². The zero-order valence-corrected chi connectivity index (χ0v) is 15.1. The standard InChI is InChI=1S/C20H18N2O3S/c1-13(2)14-5-3-7-18-15(14)10-12-22(18)26(24,25)19-8-4-6-17-16(19)9-11-21-20(17)23/h3-9,11H,1,10,12H2,2H3,(H,21,23). The summed E-state index contributed by atoms with van der Waals surface area (Å²) >= 11 is 0. The summed E-state index contributed by atoms with van der Waals surface area (Å²) in [5.74, 6) is 0. The molecule has 0 fully saturated rings. The van der Waals surface area contributed by atoms with Crippen LogP contribution in [0.25, 0.3) is 16.3 Å². The minimum absolute atomic E-state index is 0.148. The summed E-state index contributed by atoms with van der Waals surface area (Å²) in [6.07, 6.45) is 2.11. The van der Waals surface area contributed by atoms with Crippen molar-refractivity contribution < 1.29 is 8.42 Å². The minimum Gasteiger partial charge on any atom is -0.329 e. The van der Waals surface area contributed by atoms with E-state index in [0.717, 1.165) is 16.7 Å². The predicted octanol–water partition coefficient (Wildman–Crippen LogP) is 3.31. The number of allylic oxidation sites excluding steroid dienone is 1. The Morgan fingerprint density at radius 2 is 1.88 bits per heavy atom. The third kappa shape index (κ3) is 2.37. The summed E-state index contributed by atoms with van der Waals surface area (Å²) in [6, 6.07) is 12.1. The van der Waals surface area contributed by atoms with Crippen LogP contribution in [0, 0.1) is 0 Å². The molecule has 0 radical (unpaired) electrons. The van der Waals surface area contributed by atoms with E-state index >= 15 is 0 Å². The Balaban J connectivity index is 1.92. The number of fused-ring (bicyclic) bond motifs is 2. The van der Waals surface area contributed by atoms with Gasteiger partial charge in [0, 0.05) is 23.5 Å². The molecule has 0 saturated heterocycles. The average Bonchev–Trinajstić information content (AvgIpc) is 3.06. The Morgan fingerprint density at radius 1 is 1.12 bits per heavy atom. The van der Waals surface area contributed by atoms with Crippen LogP contribution in [0.2, 0.25) is 0 Å². The Morgan fingerprint density at radius 3 is 2.65 bits per heavy atom. The maximum atomic E-state index is 13.4. The number of nitrogens with zero attached hydrogens (tertiary/aromatic N) is 1. The molecular formula is C20H18N2O3S. The molecule has 132 valence electrons. The number of H-pyrrole nitrogens is 1. The summed E-state index contributed by atoms with van der Waals surface area (Å²) < 4.78 is 28.2. The molecule has 1 aromatic heterocycles. The molecule has 1 N–H and O–H groups in total. The molecule has 2 aromatic carbocycles. The van der Waals surface area contributed by atoms with Gasteiger partial charge in [0.1, 0.15) is 0 Å². The van der Waals surface area contributed by atoms with Gasteiger partial charge in [-0.15, -0.1) is 0 Å². The van der Waals surface area contributed by atoms with Crippen LogP contribution < -0.4 is 9.86 Å². The van der Waals surface area contributed by atoms with Gasteiger partial charge in [-0.05, 0) is 48.7 Å². The van der Waals surface area contributed by atoms with Gasteiger partial charge in [-0.1, -0.05) is 30.4 Å². The minimum atomic E-state index is -3.79. The van der Waals surface area contributed by atoms with Gasteiger partial charge in [0.15, 0.2) is 0 Å². The average molecular weight is 366 g/mol. The lowest BCUT2D eigenvalue weighted by Gasteiger charge is -2.21. The number of nitrogens with one attached hydrogen (secondary N) is 1. The van der Waals surface area contributed by atoms with E-state index in [1.165, 1.54) is 10.5 Å². The highest BCUT2D eigenvalue weighted by molar-refractivity contribution is 7.93. The van der Waals surface area contributed by atoms with Crippen molar-refractivity contribution in [1.82, 2.24) is 4.98 Å². The number of sulfonamides is 1. The van der Waals surface area contributed by atoms with Crippen LogP contribution in [0.3, 0.4) is 0 Å². The highest BCUT2D eigenvalue weighted by Gasteiger charge is 2.33. The van der Waals surface area contributed by atoms with Crippen LogP contribution >= 0.6 is 0 Å². The first-order chi connectivity index (χ1) is 12.4. The molecule has 3 aromatic rings. The first-order valence-corrected chi connectivity index (χ1v) is 9.76. The first-order valence-electron chi connectivity index (χ1n) is 8.32. The number of pyridine rings is 1. The number of anilines is 1. The second kappa shape index (κ2) is 5.85. The quantitative estimate of drug-likeness (QED) is 0.773. The van der Waals surface area contributed by atoms with Crippen LogP contribution in [0.4, 0.5) is 5.69 Å². The maximum Gasteiger partial charge on any atom is 0.264 e. The predicted molar refractivity (Wildman–Crippen MR) is 104 cm³/mol. The normalized spacial score (nSPS) is 13.8. The monoisotopic (exact) mass is 366 g/mol. The van der Waals surface area contributed by atoms with Crippen molar-refractivity contribution in [2.45, 2.75) is 18.2 Å². The number of rotatable bonds is 3. The lowest BCUT2D eigenvalue weighted by Crippen LogP contribution is -2.29. The second-order valence-corrected chi connectivity index (χ2v) is 8.27. The van der Waals surface area contributed by atoms with Gasteiger partial charge >= 0.3 is 0 Å². The topological polar surface area (TPSA) is 70.2 Å². The maximum absolute atomic E-state index is 13.4. The summed E-state index contributed by atoms with van der Waals surface area (Å²) in [5, 5.41) is 0.796. The fourth-order valence-corrected chi connectivity index (χ4v) is 5.30. The zero-order chi connectivity index (χ0) is 18.5. The van der Waals surface area contributed by atoms with Gasteiger partial charge in [0.2, 0.25) is 0 Å². The second-order valence-electron chi connectivity index (χ2n) is 6.43. The summed E-state index contributed by atoms with van der Waals surface area (Å²) in [6.45, 7) is 6.29. The summed E-state index contributed by atoms with van der Waals surface area (Å²) in [5.41, 5.74) is 3.30. The van der Waals surface area contributed by atoms with E-state index < -0.39 is 10.0 Å². The summed E-state index contributed by atoms with van der Waals surface area (Å²) in [4.78, 5) is 14.8. The van der Waals surface area contributed by atoms with Gasteiger partial charge < -0.3 is 4.98 Å². The number of aromatic amines is 1. The zero-order valence-electron chi connectivity index (χ0n) is 14.3. The van der Waals surface area contributed by atoms with Crippen LogP contribution in [-0.2, 0) is 16.4 Å². The van der Waals surface area contributed by atoms with Crippen molar-refractivity contribution in [1.29, 1.82) is 0 Å². The van der Waals surface area contributed by atoms with Crippen molar-refractivity contribution in [3.63, 3.8) is 0 Å². The molecule has 4 rings (SSSR count). The molecule has 0 unspecified atom stereocenters. The van der Waals surface area contributed by atoms with Crippen LogP contribution in [-0.4, -0.2) is 19.9 Å². The number of hydrogen-bond donors (Lipinski definition) is 1. The Labute approximate surface area is 151 Å². The van der Waals surface area contributed by atoms with Crippen LogP contribution in [0.15, 0.2) is 64.9 Å². The molecule has 0 bridgehead atoms. The Hall–Kier alpha value is -2.86. The van der Waals surface area contributed by atoms with Crippen molar-refractivity contribution in [2.24, 2.45) is 0 Å². The molecule has 1 aliphatic rings. The molecule has 2 heterocycles. The van der Waals surface area contributed by atoms with E-state index in [1.807, 2.05) is 25.1 Å². The van der Waals surface area contributed by atoms with E-state index in [0.29, 0.717) is 29.4 Å². The smallest absolute Gasteiger partial charge is 0.264 e. The molecule has 0 atom stereocenters. The van der Waals surface area contributed by atoms with Crippen molar-refractivity contribution in [3.8, 4) is 0 Å². The van der Waals surface area contributed by atoms with Gasteiger partial charge in [-0.3, -0.25) is 9.10 Å². The molecular weight excluding hydrogens is 348 g/mol. The van der Waals surface area contributed by atoms with Crippen molar-refractivity contribution in [3.05, 3.63) is 76.7 Å². The van der Waals surface area contributed by atoms with Gasteiger partial charge in [0.05, 0.1) is 10.6 Å². The van der Waals surface area contributed by atoms with Gasteiger partial charge in [0.25, 0.3) is 15.6 Å². The lowest BCUT2D eigenvalue weighted by molar-refractivity contribution is 0.593. The van der Waals surface area contributed by atoms with Crippen molar-refractivity contribution in [2.75, 3.05) is 10.8 Å². The molecule has 0 spiro atoms. The molecule has 0 saturated carbocycles.